The van der Waals surface area contributed by atoms with E-state index in [1.54, 1.807) is 0 Å². The normalized spacial score (nSPS) is 19.5. The number of hydrogen-bond acceptors (Lipinski definition) is 3. The molecule has 0 radical (unpaired) electrons. The lowest BCUT2D eigenvalue weighted by molar-refractivity contribution is -0.145. The highest BCUT2D eigenvalue weighted by atomic mass is 32.2. The van der Waals surface area contributed by atoms with Crippen LogP contribution in [0, 0.1) is 5.82 Å². The second-order valence-electron chi connectivity index (χ2n) is 3.89. The Hall–Kier alpha value is -1.35. The van der Waals surface area contributed by atoms with Gasteiger partial charge in [0.2, 0.25) is 10.0 Å². The molecule has 4 nitrogen and oxygen atoms in total. The molecule has 100 valence electrons. The van der Waals surface area contributed by atoms with Crippen LogP contribution in [0.4, 0.5) is 23.2 Å². The molecule has 0 amide bonds. The van der Waals surface area contributed by atoms with E-state index >= 15 is 0 Å². The number of hydrogen-bond donors (Lipinski definition) is 2. The average Bonchev–Trinajstić information content (AvgIpc) is 2.56. The summed E-state index contributed by atoms with van der Waals surface area (Å²) in [4.78, 5) is -0.823. The van der Waals surface area contributed by atoms with Crippen molar-refractivity contribution in [3.8, 4) is 0 Å². The summed E-state index contributed by atoms with van der Waals surface area (Å²) < 4.78 is 73.3. The number of benzene rings is 1. The highest BCUT2D eigenvalue weighted by Crippen LogP contribution is 2.43. The molecule has 18 heavy (non-hydrogen) atoms. The Morgan fingerprint density at radius 3 is 2.44 bits per heavy atom. The van der Waals surface area contributed by atoms with Gasteiger partial charge in [0, 0.05) is 12.2 Å². The van der Waals surface area contributed by atoms with Crippen LogP contribution in [0.15, 0.2) is 17.0 Å². The summed E-state index contributed by atoms with van der Waals surface area (Å²) in [6.07, 6.45) is -4.52. The van der Waals surface area contributed by atoms with Crippen molar-refractivity contribution in [1.29, 1.82) is 0 Å². The first-order chi connectivity index (χ1) is 8.10. The monoisotopic (exact) mass is 284 g/mol. The Kier molecular flexibility index (Phi) is 2.78. The Morgan fingerprint density at radius 2 is 1.94 bits per heavy atom. The molecule has 2 rings (SSSR count). The van der Waals surface area contributed by atoms with E-state index in [-0.39, 0.29) is 11.3 Å². The Morgan fingerprint density at radius 1 is 1.33 bits per heavy atom. The Labute approximate surface area is 99.8 Å². The van der Waals surface area contributed by atoms with Crippen molar-refractivity contribution in [3.05, 3.63) is 23.5 Å². The van der Waals surface area contributed by atoms with E-state index in [0.29, 0.717) is 6.07 Å². The molecule has 3 N–H and O–H groups in total. The third-order valence-electron chi connectivity index (χ3n) is 2.68. The van der Waals surface area contributed by atoms with E-state index in [0.717, 1.165) is 6.07 Å². The molecule has 1 heterocycles. The quantitative estimate of drug-likeness (QED) is 0.768. The number of halogens is 4. The van der Waals surface area contributed by atoms with Gasteiger partial charge in [-0.15, -0.1) is 0 Å². The minimum absolute atomic E-state index is 0.0669. The molecular formula is C9H8F4N2O2S. The fraction of sp³-hybridized carbons (Fsp3) is 0.333. The number of fused-ring (bicyclic) bond motifs is 1. The maximum atomic E-state index is 13.4. The zero-order valence-corrected chi connectivity index (χ0v) is 9.57. The number of nitrogens with one attached hydrogen (secondary N) is 1. The van der Waals surface area contributed by atoms with Crippen molar-refractivity contribution in [3.63, 3.8) is 0 Å². The van der Waals surface area contributed by atoms with Crippen molar-refractivity contribution in [2.75, 3.05) is 11.9 Å². The largest absolute Gasteiger partial charge is 0.397 e. The molecule has 0 saturated heterocycles. The predicted octanol–water partition coefficient (Wildman–Crippen LogP) is 1.54. The van der Waals surface area contributed by atoms with Gasteiger partial charge < -0.3 is 5.32 Å². The van der Waals surface area contributed by atoms with Gasteiger partial charge in [-0.2, -0.15) is 13.2 Å². The van der Waals surface area contributed by atoms with E-state index in [2.05, 4.69) is 5.32 Å². The number of alkyl halides is 3. The SMILES string of the molecule is NS(=O)(=O)c1cc2c(cc1F)[C@@H](C(F)(F)F)CN2. The first-order valence-corrected chi connectivity index (χ1v) is 6.32. The van der Waals surface area contributed by atoms with E-state index in [4.69, 9.17) is 5.14 Å². The van der Waals surface area contributed by atoms with Gasteiger partial charge in [-0.1, -0.05) is 0 Å². The number of sulfonamides is 1. The summed E-state index contributed by atoms with van der Waals surface area (Å²) in [5, 5.41) is 7.14. The maximum Gasteiger partial charge on any atom is 0.397 e. The topological polar surface area (TPSA) is 72.2 Å². The summed E-state index contributed by atoms with van der Waals surface area (Å²) in [5.74, 6) is -3.13. The summed E-state index contributed by atoms with van der Waals surface area (Å²) in [5.41, 5.74) is -0.379. The van der Waals surface area contributed by atoms with Crippen LogP contribution in [0.1, 0.15) is 11.5 Å². The van der Waals surface area contributed by atoms with Gasteiger partial charge in [-0.05, 0) is 17.7 Å². The van der Waals surface area contributed by atoms with Crippen LogP contribution in [-0.4, -0.2) is 21.1 Å². The summed E-state index contributed by atoms with van der Waals surface area (Å²) >= 11 is 0. The van der Waals surface area contributed by atoms with Crippen molar-refractivity contribution in [1.82, 2.24) is 0 Å². The molecule has 0 bridgehead atoms. The van der Waals surface area contributed by atoms with Gasteiger partial charge in [-0.25, -0.2) is 17.9 Å². The smallest absolute Gasteiger partial charge is 0.384 e. The maximum absolute atomic E-state index is 13.4. The second kappa shape index (κ2) is 3.82. The summed E-state index contributed by atoms with van der Waals surface area (Å²) in [6, 6.07) is 1.35. The van der Waals surface area contributed by atoms with E-state index in [1.165, 1.54) is 0 Å². The zero-order valence-electron chi connectivity index (χ0n) is 8.75. The van der Waals surface area contributed by atoms with E-state index < -0.39 is 39.4 Å². The molecule has 1 aliphatic heterocycles. The second-order valence-corrected chi connectivity index (χ2v) is 5.42. The van der Waals surface area contributed by atoms with Crippen LogP contribution >= 0.6 is 0 Å². The summed E-state index contributed by atoms with van der Waals surface area (Å²) in [7, 11) is -4.30. The van der Waals surface area contributed by atoms with Gasteiger partial charge in [0.05, 0.1) is 5.92 Å². The van der Waals surface area contributed by atoms with Crippen LogP contribution in [0.3, 0.4) is 0 Å². The van der Waals surface area contributed by atoms with Crippen LogP contribution in [0.25, 0.3) is 0 Å². The first kappa shape index (κ1) is 13.1. The molecule has 1 aromatic carbocycles. The number of primary sulfonamides is 1. The number of anilines is 1. The van der Waals surface area contributed by atoms with Gasteiger partial charge in [-0.3, -0.25) is 0 Å². The van der Waals surface area contributed by atoms with Gasteiger partial charge in [0.15, 0.2) is 0 Å². The van der Waals surface area contributed by atoms with Crippen LogP contribution < -0.4 is 10.5 Å². The molecule has 1 atom stereocenters. The molecule has 9 heteroatoms. The third kappa shape index (κ3) is 2.15. The minimum atomic E-state index is -4.52. The molecule has 1 aromatic rings. The molecule has 0 fully saturated rings. The number of rotatable bonds is 1. The molecule has 0 unspecified atom stereocenters. The van der Waals surface area contributed by atoms with E-state index in [1.807, 2.05) is 0 Å². The molecule has 1 aliphatic rings. The zero-order chi connectivity index (χ0) is 13.7. The molecule has 0 spiro atoms. The van der Waals surface area contributed by atoms with Gasteiger partial charge in [0.1, 0.15) is 10.7 Å². The average molecular weight is 284 g/mol. The highest BCUT2D eigenvalue weighted by molar-refractivity contribution is 7.89. The fourth-order valence-electron chi connectivity index (χ4n) is 1.84. The van der Waals surface area contributed by atoms with Crippen molar-refractivity contribution in [2.45, 2.75) is 17.0 Å². The third-order valence-corrected chi connectivity index (χ3v) is 3.60. The van der Waals surface area contributed by atoms with Crippen LogP contribution in [-0.2, 0) is 10.0 Å². The van der Waals surface area contributed by atoms with Crippen molar-refractivity contribution >= 4 is 15.7 Å². The summed E-state index contributed by atoms with van der Waals surface area (Å²) in [6.45, 7) is -0.452. The lowest BCUT2D eigenvalue weighted by Crippen LogP contribution is -2.22. The highest BCUT2D eigenvalue weighted by Gasteiger charge is 2.45. The Balaban J connectivity index is 2.57. The van der Waals surface area contributed by atoms with Gasteiger partial charge >= 0.3 is 6.18 Å². The van der Waals surface area contributed by atoms with Gasteiger partial charge in [0.25, 0.3) is 0 Å². The molecule has 0 saturated carbocycles. The van der Waals surface area contributed by atoms with Crippen molar-refractivity contribution in [2.24, 2.45) is 5.14 Å². The van der Waals surface area contributed by atoms with E-state index in [9.17, 15) is 26.0 Å². The fourth-order valence-corrected chi connectivity index (χ4v) is 2.46. The number of nitrogens with two attached hydrogens (primary N) is 1. The first-order valence-electron chi connectivity index (χ1n) is 4.77. The van der Waals surface area contributed by atoms with Crippen LogP contribution in [0.5, 0.6) is 0 Å². The minimum Gasteiger partial charge on any atom is -0.384 e. The Bertz CT molecular complexity index is 597. The molecule has 0 aromatic heterocycles. The predicted molar refractivity (Wildman–Crippen MR) is 55.1 cm³/mol. The van der Waals surface area contributed by atoms with Crippen LogP contribution in [0.2, 0.25) is 0 Å². The lowest BCUT2D eigenvalue weighted by Gasteiger charge is -2.14. The molecular weight excluding hydrogens is 276 g/mol. The van der Waals surface area contributed by atoms with Crippen molar-refractivity contribution < 1.29 is 26.0 Å². The standard InChI is InChI=1S/C9H8F4N2O2S/c10-6-1-4-5(9(11,12)13)3-15-7(4)2-8(6)18(14,16)17/h1-2,5,15H,3H2,(H2,14,16,17)/t5-/m0/s1. The lowest BCUT2D eigenvalue weighted by atomic mass is 10.0. The molecule has 0 aliphatic carbocycles.